The predicted molar refractivity (Wildman–Crippen MR) is 94.9 cm³/mol. The lowest BCUT2D eigenvalue weighted by Crippen LogP contribution is -2.48. The molecule has 1 atom stereocenters. The zero-order chi connectivity index (χ0) is 20.8. The molecule has 0 saturated carbocycles. The number of hydrogen-bond donors (Lipinski definition) is 3. The van der Waals surface area contributed by atoms with Crippen LogP contribution in [-0.2, 0) is 10.4 Å². The Morgan fingerprint density at radius 2 is 2.03 bits per heavy atom. The number of amides is 1. The van der Waals surface area contributed by atoms with Crippen molar-refractivity contribution in [2.45, 2.75) is 37.0 Å². The molecule has 2 aliphatic heterocycles. The summed E-state index contributed by atoms with van der Waals surface area (Å²) in [4.78, 5) is 17.7. The van der Waals surface area contributed by atoms with Crippen molar-refractivity contribution in [1.29, 1.82) is 5.26 Å². The number of carbonyl (C=O) groups excluding carboxylic acids is 1. The lowest BCUT2D eigenvalue weighted by molar-refractivity contribution is -0.267. The standard InChI is InChI=1S/C18H17F3N6O2/c19-18(20,21)17(29)6-13(28)24-16-14(17)15(25-26-16)11-1-3-27(4-2-11)12-5-10(7-22)8-23-9-12/h5,8-9,11,29H,1-4,6H2,(H2,24,25,26,28). The number of nitriles is 1. The van der Waals surface area contributed by atoms with Gasteiger partial charge in [0, 0.05) is 25.2 Å². The van der Waals surface area contributed by atoms with Crippen LogP contribution in [0.4, 0.5) is 24.7 Å². The molecule has 2 aromatic rings. The number of rotatable bonds is 2. The van der Waals surface area contributed by atoms with Crippen LogP contribution >= 0.6 is 0 Å². The van der Waals surface area contributed by atoms with Crippen molar-refractivity contribution in [3.8, 4) is 6.07 Å². The van der Waals surface area contributed by atoms with Gasteiger partial charge in [-0.25, -0.2) is 0 Å². The van der Waals surface area contributed by atoms with E-state index < -0.39 is 29.7 Å². The summed E-state index contributed by atoms with van der Waals surface area (Å²) in [6, 6.07) is 3.74. The Labute approximate surface area is 163 Å². The van der Waals surface area contributed by atoms with Gasteiger partial charge in [0.2, 0.25) is 5.91 Å². The average Bonchev–Trinajstić information content (AvgIpc) is 3.11. The van der Waals surface area contributed by atoms with E-state index in [0.717, 1.165) is 5.69 Å². The Kier molecular flexibility index (Phi) is 4.46. The topological polar surface area (TPSA) is 118 Å². The van der Waals surface area contributed by atoms with Crippen molar-refractivity contribution in [3.05, 3.63) is 35.3 Å². The molecule has 1 unspecified atom stereocenters. The van der Waals surface area contributed by atoms with Crippen LogP contribution in [0.1, 0.15) is 42.0 Å². The van der Waals surface area contributed by atoms with Gasteiger partial charge in [-0.2, -0.15) is 23.5 Å². The number of aliphatic hydroxyl groups is 1. The van der Waals surface area contributed by atoms with E-state index in [1.165, 1.54) is 6.20 Å². The summed E-state index contributed by atoms with van der Waals surface area (Å²) in [5.74, 6) is -1.45. The van der Waals surface area contributed by atoms with Crippen LogP contribution in [0, 0.1) is 11.3 Å². The summed E-state index contributed by atoms with van der Waals surface area (Å²) in [7, 11) is 0. The molecule has 0 spiro atoms. The SMILES string of the molecule is N#Cc1cncc(N2CCC(c3n[nH]c4c3C(O)(C(F)(F)F)CC(=O)N4)CC2)c1. The number of fused-ring (bicyclic) bond motifs is 1. The second kappa shape index (κ2) is 6.73. The molecule has 0 radical (unpaired) electrons. The summed E-state index contributed by atoms with van der Waals surface area (Å²) in [6.45, 7) is 1.05. The van der Waals surface area contributed by atoms with Gasteiger partial charge in [0.1, 0.15) is 11.9 Å². The number of halogens is 3. The smallest absolute Gasteiger partial charge is 0.376 e. The van der Waals surface area contributed by atoms with Gasteiger partial charge < -0.3 is 15.3 Å². The normalized spacial score (nSPS) is 22.7. The quantitative estimate of drug-likeness (QED) is 0.703. The minimum atomic E-state index is -5.01. The second-order valence-electron chi connectivity index (χ2n) is 7.25. The molecule has 152 valence electrons. The third-order valence-corrected chi connectivity index (χ3v) is 5.46. The number of pyridine rings is 1. The second-order valence-corrected chi connectivity index (χ2v) is 7.25. The number of hydrogen-bond acceptors (Lipinski definition) is 6. The van der Waals surface area contributed by atoms with E-state index in [0.29, 0.717) is 31.5 Å². The van der Waals surface area contributed by atoms with Crippen molar-refractivity contribution >= 4 is 17.4 Å². The number of nitrogens with zero attached hydrogens (tertiary/aromatic N) is 4. The number of anilines is 2. The summed E-state index contributed by atoms with van der Waals surface area (Å²) < 4.78 is 40.9. The van der Waals surface area contributed by atoms with Gasteiger partial charge in [0.05, 0.1) is 35.1 Å². The number of nitrogens with one attached hydrogen (secondary N) is 2. The zero-order valence-corrected chi connectivity index (χ0v) is 15.1. The largest absolute Gasteiger partial charge is 0.422 e. The van der Waals surface area contributed by atoms with Crippen LogP contribution in [0.5, 0.6) is 0 Å². The summed E-state index contributed by atoms with van der Waals surface area (Å²) in [5.41, 5.74) is -2.34. The van der Waals surface area contributed by atoms with Gasteiger partial charge >= 0.3 is 6.18 Å². The number of alkyl halides is 3. The molecule has 2 aliphatic rings. The Balaban J connectivity index is 1.59. The fourth-order valence-electron chi connectivity index (χ4n) is 3.98. The van der Waals surface area contributed by atoms with Crippen LogP contribution in [0.25, 0.3) is 0 Å². The highest BCUT2D eigenvalue weighted by Gasteiger charge is 2.61. The van der Waals surface area contributed by atoms with E-state index in [1.807, 2.05) is 11.0 Å². The minimum Gasteiger partial charge on any atom is -0.376 e. The molecule has 4 rings (SSSR count). The highest BCUT2D eigenvalue weighted by molar-refractivity contribution is 5.94. The fraction of sp³-hybridized carbons (Fsp3) is 0.444. The Morgan fingerprint density at radius 3 is 2.69 bits per heavy atom. The van der Waals surface area contributed by atoms with E-state index in [-0.39, 0.29) is 17.4 Å². The molecule has 4 heterocycles. The molecule has 0 aromatic carbocycles. The van der Waals surface area contributed by atoms with E-state index >= 15 is 0 Å². The third-order valence-electron chi connectivity index (χ3n) is 5.46. The number of carbonyl (C=O) groups is 1. The highest BCUT2D eigenvalue weighted by Crippen LogP contribution is 2.49. The van der Waals surface area contributed by atoms with Crippen LogP contribution in [0.2, 0.25) is 0 Å². The van der Waals surface area contributed by atoms with E-state index in [1.54, 1.807) is 12.3 Å². The monoisotopic (exact) mass is 406 g/mol. The van der Waals surface area contributed by atoms with Gasteiger partial charge in [-0.1, -0.05) is 0 Å². The Bertz CT molecular complexity index is 990. The summed E-state index contributed by atoms with van der Waals surface area (Å²) in [5, 5.41) is 28.2. The lowest BCUT2D eigenvalue weighted by atomic mass is 9.81. The van der Waals surface area contributed by atoms with Crippen molar-refractivity contribution < 1.29 is 23.1 Å². The fourth-order valence-corrected chi connectivity index (χ4v) is 3.98. The molecule has 1 amide bonds. The number of H-pyrrole nitrogens is 1. The molecular formula is C18H17F3N6O2. The molecule has 8 nitrogen and oxygen atoms in total. The molecular weight excluding hydrogens is 389 g/mol. The van der Waals surface area contributed by atoms with E-state index in [4.69, 9.17) is 5.26 Å². The van der Waals surface area contributed by atoms with Crippen molar-refractivity contribution in [2.24, 2.45) is 0 Å². The predicted octanol–water partition coefficient (Wildman–Crippen LogP) is 2.15. The van der Waals surface area contributed by atoms with E-state index in [2.05, 4.69) is 20.5 Å². The number of aromatic nitrogens is 3. The van der Waals surface area contributed by atoms with E-state index in [9.17, 15) is 23.1 Å². The molecule has 29 heavy (non-hydrogen) atoms. The number of piperidine rings is 1. The first-order chi connectivity index (χ1) is 13.7. The minimum absolute atomic E-state index is 0.128. The van der Waals surface area contributed by atoms with Crippen molar-refractivity contribution in [1.82, 2.24) is 15.2 Å². The molecule has 3 N–H and O–H groups in total. The molecule has 1 saturated heterocycles. The molecule has 2 aromatic heterocycles. The summed E-state index contributed by atoms with van der Waals surface area (Å²) in [6.07, 6.45) is -2.02. The highest BCUT2D eigenvalue weighted by atomic mass is 19.4. The van der Waals surface area contributed by atoms with Gasteiger partial charge in [-0.05, 0) is 18.9 Å². The molecule has 11 heteroatoms. The average molecular weight is 406 g/mol. The number of aromatic amines is 1. The van der Waals surface area contributed by atoms with Crippen LogP contribution in [-0.4, -0.2) is 45.5 Å². The molecule has 0 aliphatic carbocycles. The van der Waals surface area contributed by atoms with Gasteiger partial charge in [0.15, 0.2) is 5.60 Å². The first-order valence-corrected chi connectivity index (χ1v) is 9.00. The Hall–Kier alpha value is -3.13. The maximum absolute atomic E-state index is 13.6. The molecule has 1 fully saturated rings. The first-order valence-electron chi connectivity index (χ1n) is 9.00. The lowest BCUT2D eigenvalue weighted by Gasteiger charge is -2.37. The van der Waals surface area contributed by atoms with Crippen LogP contribution in [0.3, 0.4) is 0 Å². The third kappa shape index (κ3) is 3.19. The summed E-state index contributed by atoms with van der Waals surface area (Å²) >= 11 is 0. The zero-order valence-electron chi connectivity index (χ0n) is 15.1. The maximum Gasteiger partial charge on any atom is 0.422 e. The van der Waals surface area contributed by atoms with Gasteiger partial charge in [-0.15, -0.1) is 0 Å². The van der Waals surface area contributed by atoms with Crippen molar-refractivity contribution in [3.63, 3.8) is 0 Å². The maximum atomic E-state index is 13.6. The molecule has 0 bridgehead atoms. The van der Waals surface area contributed by atoms with Crippen molar-refractivity contribution in [2.75, 3.05) is 23.3 Å². The van der Waals surface area contributed by atoms with Crippen LogP contribution in [0.15, 0.2) is 18.5 Å². The van der Waals surface area contributed by atoms with Crippen LogP contribution < -0.4 is 10.2 Å². The first kappa shape index (κ1) is 19.2. The van der Waals surface area contributed by atoms with Gasteiger partial charge in [0.25, 0.3) is 0 Å². The Morgan fingerprint density at radius 1 is 1.31 bits per heavy atom. The van der Waals surface area contributed by atoms with Gasteiger partial charge in [-0.3, -0.25) is 14.9 Å².